The van der Waals surface area contributed by atoms with Crippen molar-refractivity contribution in [3.63, 3.8) is 0 Å². The van der Waals surface area contributed by atoms with E-state index >= 15 is 0 Å². The number of Topliss-reactive ketones (excluding diaryl/α,β-unsaturated/α-hetero) is 1. The van der Waals surface area contributed by atoms with Crippen molar-refractivity contribution in [2.24, 2.45) is 56.2 Å². The van der Waals surface area contributed by atoms with Crippen molar-refractivity contribution in [3.8, 4) is 0 Å². The van der Waals surface area contributed by atoms with Gasteiger partial charge in [0.25, 0.3) is 0 Å². The largest absolute Gasteiger partial charge is 0.481 e. The molecule has 4 fully saturated rings. The molecule has 1 aromatic carbocycles. The molecule has 1 aromatic rings. The van der Waals surface area contributed by atoms with Crippen LogP contribution in [0.15, 0.2) is 35.4 Å². The molecule has 5 aliphatic carbocycles. The van der Waals surface area contributed by atoms with E-state index in [9.17, 15) is 24.6 Å². The van der Waals surface area contributed by atoms with E-state index in [1.54, 1.807) is 13.8 Å². The minimum atomic E-state index is -1.17. The predicted molar refractivity (Wildman–Crippen MR) is 227 cm³/mol. The molecule has 2 N–H and O–H groups in total. The van der Waals surface area contributed by atoms with Gasteiger partial charge >= 0.3 is 11.9 Å². The molecule has 0 spiro atoms. The molecular formula is C48H73ClN2O6. The fourth-order valence-corrected chi connectivity index (χ4v) is 13.9. The van der Waals surface area contributed by atoms with Gasteiger partial charge in [0.2, 0.25) is 0 Å². The summed E-state index contributed by atoms with van der Waals surface area (Å²) >= 11 is 6.24. The zero-order valence-corrected chi connectivity index (χ0v) is 37.7. The van der Waals surface area contributed by atoms with E-state index in [0.29, 0.717) is 36.4 Å². The van der Waals surface area contributed by atoms with Crippen molar-refractivity contribution in [1.82, 2.24) is 9.80 Å². The Kier molecular flexibility index (Phi) is 12.2. The van der Waals surface area contributed by atoms with Crippen LogP contribution in [0.1, 0.15) is 132 Å². The fourth-order valence-electron chi connectivity index (χ4n) is 13.8. The van der Waals surface area contributed by atoms with Crippen LogP contribution in [0, 0.1) is 56.2 Å². The van der Waals surface area contributed by atoms with E-state index in [1.807, 2.05) is 12.1 Å². The summed E-state index contributed by atoms with van der Waals surface area (Å²) in [7, 11) is 4.17. The number of benzene rings is 1. The van der Waals surface area contributed by atoms with Crippen LogP contribution in [-0.2, 0) is 25.7 Å². The second-order valence-electron chi connectivity index (χ2n) is 21.7. The summed E-state index contributed by atoms with van der Waals surface area (Å²) in [6, 6.07) is 8.00. The number of likely N-dealkylation sites (N-methyl/N-ethyl adjacent to an activating group) is 1. The molecule has 0 radical (unpaired) electrons. The van der Waals surface area contributed by atoms with E-state index in [2.05, 4.69) is 84.5 Å². The maximum atomic E-state index is 14.3. The molecule has 0 heterocycles. The zero-order valence-electron chi connectivity index (χ0n) is 37.0. The Morgan fingerprint density at radius 2 is 1.58 bits per heavy atom. The van der Waals surface area contributed by atoms with Crippen molar-refractivity contribution < 1.29 is 29.3 Å². The van der Waals surface area contributed by atoms with Gasteiger partial charge < -0.3 is 19.8 Å². The normalized spacial score (nSPS) is 35.5. The van der Waals surface area contributed by atoms with Crippen LogP contribution >= 0.6 is 11.6 Å². The first kappa shape index (κ1) is 44.3. The number of nitrogens with zero attached hydrogens (tertiary/aromatic N) is 2. The number of hydrogen-bond donors (Lipinski definition) is 2. The second-order valence-corrected chi connectivity index (χ2v) is 22.2. The second kappa shape index (κ2) is 15.6. The third kappa shape index (κ3) is 7.58. The van der Waals surface area contributed by atoms with E-state index in [1.165, 1.54) is 5.57 Å². The van der Waals surface area contributed by atoms with Crippen molar-refractivity contribution in [1.29, 1.82) is 0 Å². The third-order valence-corrected chi connectivity index (χ3v) is 17.4. The minimum absolute atomic E-state index is 0.0308. The first-order valence-electron chi connectivity index (χ1n) is 21.9. The highest BCUT2D eigenvalue weighted by atomic mass is 35.5. The van der Waals surface area contributed by atoms with E-state index in [-0.39, 0.29) is 51.8 Å². The summed E-state index contributed by atoms with van der Waals surface area (Å²) in [5.41, 5.74) is 1.54. The summed E-state index contributed by atoms with van der Waals surface area (Å²) in [4.78, 5) is 43.8. The number of aliphatic carboxylic acids is 1. The number of rotatable bonds is 13. The highest BCUT2D eigenvalue weighted by molar-refractivity contribution is 6.30. The van der Waals surface area contributed by atoms with Crippen molar-refractivity contribution in [2.45, 2.75) is 145 Å². The summed E-state index contributed by atoms with van der Waals surface area (Å²) in [6.07, 6.45) is 7.13. The fraction of sp³-hybridized carbons (Fsp3) is 0.771. The van der Waals surface area contributed by atoms with Crippen LogP contribution in [0.2, 0.25) is 5.02 Å². The highest BCUT2D eigenvalue weighted by Gasteiger charge is 2.71. The smallest absolute Gasteiger partial charge is 0.309 e. The maximum Gasteiger partial charge on any atom is 0.309 e. The molecule has 0 bridgehead atoms. The lowest BCUT2D eigenvalue weighted by Crippen LogP contribution is -2.66. The monoisotopic (exact) mass is 809 g/mol. The molecule has 4 saturated carbocycles. The standard InChI is InChI=1S/C48H73ClN2O6/c1-30(2)40-34(52)26-48(37(53)29-51(25-24-50(10)11)28-31-12-14-32(49)15-13-31)23-22-46(8)33(41(40)48)16-17-36-45(7)20-19-38(57-39(54)27-43(3,4)42(55)56)44(5,6)35(45)18-21-47(36,46)9/h12-15,30,33,35-38,53H,16-29H2,1-11H3,(H,55,56)/t33-,35?,36-,37-,38+,45+,46-,47-,48+/m1/s1. The number of allylic oxidation sites excluding steroid dienone is 1. The van der Waals surface area contributed by atoms with Crippen LogP contribution in [0.25, 0.3) is 0 Å². The van der Waals surface area contributed by atoms with E-state index < -0.39 is 28.9 Å². The Hall–Kier alpha value is -2.26. The molecule has 57 heavy (non-hydrogen) atoms. The SMILES string of the molecule is CC(C)C1=C2[C@H]3CC[C@@H]4[C@@]5(C)CC[C@H](OC(=O)CC(C)(C)C(=O)O)C(C)(C)C5CC[C@@]4(C)[C@]3(C)CC[C@@]2([C@H](O)CN(CCN(C)C)Cc2ccc(Cl)cc2)CC1=O. The molecule has 0 amide bonds. The van der Waals surface area contributed by atoms with Gasteiger partial charge in [0, 0.05) is 48.5 Å². The van der Waals surface area contributed by atoms with Crippen molar-refractivity contribution in [2.75, 3.05) is 33.7 Å². The number of esters is 1. The van der Waals surface area contributed by atoms with E-state index in [4.69, 9.17) is 16.3 Å². The summed E-state index contributed by atoms with van der Waals surface area (Å²) in [6.45, 7) is 22.6. The number of carboxylic acid groups (broad SMARTS) is 1. The highest BCUT2D eigenvalue weighted by Crippen LogP contribution is 2.77. The van der Waals surface area contributed by atoms with Gasteiger partial charge in [0.15, 0.2) is 5.78 Å². The molecule has 5 aliphatic rings. The molecule has 8 nitrogen and oxygen atoms in total. The van der Waals surface area contributed by atoms with Crippen LogP contribution in [0.5, 0.6) is 0 Å². The number of aliphatic hydroxyl groups excluding tert-OH is 1. The number of carbonyl (C=O) groups excluding carboxylic acids is 2. The quantitative estimate of drug-likeness (QED) is 0.190. The van der Waals surface area contributed by atoms with Gasteiger partial charge in [0.05, 0.1) is 17.9 Å². The van der Waals surface area contributed by atoms with Crippen LogP contribution in [0.4, 0.5) is 0 Å². The molecule has 9 heteroatoms. The van der Waals surface area contributed by atoms with Gasteiger partial charge in [-0.25, -0.2) is 0 Å². The van der Waals surface area contributed by atoms with Gasteiger partial charge in [-0.3, -0.25) is 19.3 Å². The zero-order chi connectivity index (χ0) is 42.1. The van der Waals surface area contributed by atoms with Gasteiger partial charge in [0.1, 0.15) is 6.10 Å². The van der Waals surface area contributed by atoms with Crippen LogP contribution in [0.3, 0.4) is 0 Å². The molecule has 0 saturated heterocycles. The Morgan fingerprint density at radius 1 is 0.912 bits per heavy atom. The van der Waals surface area contributed by atoms with Crippen LogP contribution in [-0.4, -0.2) is 83.7 Å². The average molecular weight is 810 g/mol. The lowest BCUT2D eigenvalue weighted by atomic mass is 9.33. The molecule has 6 rings (SSSR count). The Bertz CT molecular complexity index is 1740. The minimum Gasteiger partial charge on any atom is -0.481 e. The van der Waals surface area contributed by atoms with Crippen molar-refractivity contribution >= 4 is 29.3 Å². The molecule has 1 unspecified atom stereocenters. The first-order chi connectivity index (χ1) is 26.4. The van der Waals surface area contributed by atoms with Gasteiger partial charge in [-0.15, -0.1) is 0 Å². The first-order valence-corrected chi connectivity index (χ1v) is 22.3. The summed E-state index contributed by atoms with van der Waals surface area (Å²) < 4.78 is 6.20. The number of aliphatic hydroxyl groups is 1. The number of ether oxygens (including phenoxy) is 1. The van der Waals surface area contributed by atoms with Crippen molar-refractivity contribution in [3.05, 3.63) is 46.0 Å². The molecule has 0 aliphatic heterocycles. The number of carbonyl (C=O) groups is 3. The Labute approximate surface area is 348 Å². The van der Waals surface area contributed by atoms with Crippen LogP contribution < -0.4 is 0 Å². The number of ketones is 1. The van der Waals surface area contributed by atoms with Gasteiger partial charge in [-0.05, 0) is 142 Å². The van der Waals surface area contributed by atoms with Gasteiger partial charge in [-0.2, -0.15) is 0 Å². The maximum absolute atomic E-state index is 14.3. The number of halogens is 1. The van der Waals surface area contributed by atoms with Gasteiger partial charge in [-0.1, -0.05) is 77.8 Å². The topological polar surface area (TPSA) is 107 Å². The predicted octanol–water partition coefficient (Wildman–Crippen LogP) is 9.46. The third-order valence-electron chi connectivity index (χ3n) is 17.1. The molecule has 9 atom stereocenters. The molecule has 318 valence electrons. The Morgan fingerprint density at radius 3 is 2.19 bits per heavy atom. The summed E-state index contributed by atoms with van der Waals surface area (Å²) in [5.74, 6) is 0.00261. The lowest BCUT2D eigenvalue weighted by molar-refractivity contribution is -0.235. The number of fused-ring (bicyclic) bond motifs is 7. The number of hydrogen-bond acceptors (Lipinski definition) is 7. The van der Waals surface area contributed by atoms with E-state index in [0.717, 1.165) is 75.6 Å². The average Bonchev–Trinajstić information content (AvgIpc) is 3.42. The molecular weight excluding hydrogens is 736 g/mol. The lowest BCUT2D eigenvalue weighted by Gasteiger charge is -2.72. The summed E-state index contributed by atoms with van der Waals surface area (Å²) in [5, 5.41) is 23.0. The Balaban J connectivity index is 1.29. The number of carboxylic acids is 1. The molecule has 0 aromatic heterocycles.